The molecule has 0 radical (unpaired) electrons. The Balaban J connectivity index is 1.99. The number of aliphatic hydroxyl groups excluding tert-OH is 1. The second-order valence-electron chi connectivity index (χ2n) is 5.22. The minimum atomic E-state index is -0.590. The quantitative estimate of drug-likeness (QED) is 0.748. The van der Waals surface area contributed by atoms with Gasteiger partial charge >= 0.3 is 0 Å². The number of benzene rings is 1. The lowest BCUT2D eigenvalue weighted by Crippen LogP contribution is -2.43. The molecule has 1 spiro atoms. The molecular formula is C14H17FO2. The largest absolute Gasteiger partial charge is 0.484 e. The van der Waals surface area contributed by atoms with Crippen molar-refractivity contribution >= 4 is 0 Å². The zero-order valence-corrected chi connectivity index (χ0v) is 9.79. The van der Waals surface area contributed by atoms with Gasteiger partial charge in [-0.15, -0.1) is 0 Å². The molecule has 1 aromatic carbocycles. The molecule has 1 heterocycles. The Morgan fingerprint density at radius 3 is 2.76 bits per heavy atom. The summed E-state index contributed by atoms with van der Waals surface area (Å²) in [7, 11) is 0. The van der Waals surface area contributed by atoms with E-state index in [1.165, 1.54) is 12.5 Å². The summed E-state index contributed by atoms with van der Waals surface area (Å²) in [5.74, 6) is -0.0839. The molecule has 2 aliphatic rings. The Bertz CT molecular complexity index is 424. The minimum Gasteiger partial charge on any atom is -0.484 e. The van der Waals surface area contributed by atoms with E-state index in [1.807, 2.05) is 0 Å². The number of para-hydroxylation sites is 1. The van der Waals surface area contributed by atoms with Gasteiger partial charge < -0.3 is 9.84 Å². The average Bonchev–Trinajstić information content (AvgIpc) is 2.32. The Morgan fingerprint density at radius 2 is 2.00 bits per heavy atom. The molecule has 0 amide bonds. The highest BCUT2D eigenvalue weighted by Gasteiger charge is 2.42. The van der Waals surface area contributed by atoms with E-state index in [4.69, 9.17) is 4.74 Å². The fourth-order valence-electron chi connectivity index (χ4n) is 3.12. The summed E-state index contributed by atoms with van der Waals surface area (Å²) < 4.78 is 19.7. The number of hydrogen-bond acceptors (Lipinski definition) is 2. The first-order valence-corrected chi connectivity index (χ1v) is 6.36. The molecule has 0 saturated heterocycles. The van der Waals surface area contributed by atoms with Crippen LogP contribution in [0.15, 0.2) is 18.2 Å². The highest BCUT2D eigenvalue weighted by molar-refractivity contribution is 5.39. The number of hydrogen-bond donors (Lipinski definition) is 1. The van der Waals surface area contributed by atoms with Crippen LogP contribution in [0.25, 0.3) is 0 Å². The molecule has 1 aromatic rings. The number of aliphatic hydroxyl groups is 1. The zero-order valence-electron chi connectivity index (χ0n) is 9.79. The maximum Gasteiger partial charge on any atom is 0.165 e. The van der Waals surface area contributed by atoms with Crippen LogP contribution >= 0.6 is 0 Å². The van der Waals surface area contributed by atoms with Gasteiger partial charge in [-0.25, -0.2) is 4.39 Å². The van der Waals surface area contributed by atoms with Crippen LogP contribution in [0.2, 0.25) is 0 Å². The maximum atomic E-state index is 13.7. The molecule has 0 bridgehead atoms. The molecule has 1 N–H and O–H groups in total. The van der Waals surface area contributed by atoms with Gasteiger partial charge in [-0.1, -0.05) is 18.6 Å². The molecule has 1 unspecified atom stereocenters. The normalized spacial score (nSPS) is 26.4. The Hall–Kier alpha value is -1.09. The lowest BCUT2D eigenvalue weighted by molar-refractivity contribution is -0.0410. The Morgan fingerprint density at radius 1 is 1.24 bits per heavy atom. The standard InChI is InChI=1S/C14H17FO2/c15-11-6-4-5-10-12(16)9-14(17-13(10)11)7-2-1-3-8-14/h4-6,12,16H,1-3,7-9H2. The summed E-state index contributed by atoms with van der Waals surface area (Å²) in [4.78, 5) is 0. The van der Waals surface area contributed by atoms with Gasteiger partial charge in [-0.3, -0.25) is 0 Å². The number of rotatable bonds is 0. The van der Waals surface area contributed by atoms with Crippen LogP contribution < -0.4 is 4.74 Å². The molecule has 1 fully saturated rings. The predicted octanol–water partition coefficient (Wildman–Crippen LogP) is 3.34. The Kier molecular flexibility index (Phi) is 2.58. The molecule has 1 aliphatic carbocycles. The second kappa shape index (κ2) is 3.98. The summed E-state index contributed by atoms with van der Waals surface area (Å²) >= 11 is 0. The van der Waals surface area contributed by atoms with Gasteiger partial charge in [0.05, 0.1) is 6.10 Å². The van der Waals surface area contributed by atoms with Crippen molar-refractivity contribution in [2.45, 2.75) is 50.2 Å². The first kappa shape index (κ1) is 11.0. The van der Waals surface area contributed by atoms with Crippen molar-refractivity contribution in [3.63, 3.8) is 0 Å². The van der Waals surface area contributed by atoms with E-state index in [0.717, 1.165) is 25.7 Å². The fraction of sp³-hybridized carbons (Fsp3) is 0.571. The van der Waals surface area contributed by atoms with Crippen molar-refractivity contribution < 1.29 is 14.2 Å². The van der Waals surface area contributed by atoms with E-state index in [-0.39, 0.29) is 17.2 Å². The Labute approximate surface area is 100 Å². The summed E-state index contributed by atoms with van der Waals surface area (Å²) in [6.45, 7) is 0. The lowest BCUT2D eigenvalue weighted by atomic mass is 9.78. The lowest BCUT2D eigenvalue weighted by Gasteiger charge is -2.43. The first-order valence-electron chi connectivity index (χ1n) is 6.36. The number of halogens is 1. The molecule has 1 saturated carbocycles. The van der Waals surface area contributed by atoms with Crippen molar-refractivity contribution in [1.82, 2.24) is 0 Å². The van der Waals surface area contributed by atoms with Crippen molar-refractivity contribution in [3.05, 3.63) is 29.6 Å². The van der Waals surface area contributed by atoms with Crippen LogP contribution in [0.3, 0.4) is 0 Å². The molecule has 0 aromatic heterocycles. The third kappa shape index (κ3) is 1.82. The van der Waals surface area contributed by atoms with E-state index in [1.54, 1.807) is 12.1 Å². The van der Waals surface area contributed by atoms with Crippen molar-refractivity contribution in [2.75, 3.05) is 0 Å². The van der Waals surface area contributed by atoms with Crippen LogP contribution in [0.5, 0.6) is 5.75 Å². The van der Waals surface area contributed by atoms with E-state index in [0.29, 0.717) is 12.0 Å². The van der Waals surface area contributed by atoms with Crippen LogP contribution in [0.4, 0.5) is 4.39 Å². The molecule has 1 aliphatic heterocycles. The second-order valence-corrected chi connectivity index (χ2v) is 5.22. The number of fused-ring (bicyclic) bond motifs is 1. The summed E-state index contributed by atoms with van der Waals surface area (Å²) in [6.07, 6.45) is 5.30. The van der Waals surface area contributed by atoms with E-state index in [2.05, 4.69) is 0 Å². The predicted molar refractivity (Wildman–Crippen MR) is 62.4 cm³/mol. The topological polar surface area (TPSA) is 29.5 Å². The molecular weight excluding hydrogens is 219 g/mol. The fourth-order valence-corrected chi connectivity index (χ4v) is 3.12. The van der Waals surface area contributed by atoms with Gasteiger partial charge in [-0.2, -0.15) is 0 Å². The van der Waals surface area contributed by atoms with Gasteiger partial charge in [0.1, 0.15) is 5.60 Å². The highest BCUT2D eigenvalue weighted by Crippen LogP contribution is 2.46. The van der Waals surface area contributed by atoms with Crippen molar-refractivity contribution in [1.29, 1.82) is 0 Å². The van der Waals surface area contributed by atoms with E-state index >= 15 is 0 Å². The number of ether oxygens (including phenoxy) is 1. The average molecular weight is 236 g/mol. The van der Waals surface area contributed by atoms with Gasteiger partial charge in [0.25, 0.3) is 0 Å². The third-order valence-electron chi connectivity index (χ3n) is 4.01. The summed E-state index contributed by atoms with van der Waals surface area (Å²) in [5, 5.41) is 10.2. The molecule has 1 atom stereocenters. The van der Waals surface area contributed by atoms with E-state index in [9.17, 15) is 9.50 Å². The SMILES string of the molecule is OC1CC2(CCCCC2)Oc2c(F)cccc21. The third-order valence-corrected chi connectivity index (χ3v) is 4.01. The van der Waals surface area contributed by atoms with Crippen molar-refractivity contribution in [2.24, 2.45) is 0 Å². The smallest absolute Gasteiger partial charge is 0.165 e. The highest BCUT2D eigenvalue weighted by atomic mass is 19.1. The van der Waals surface area contributed by atoms with E-state index < -0.39 is 6.10 Å². The van der Waals surface area contributed by atoms with Gasteiger partial charge in [0, 0.05) is 12.0 Å². The minimum absolute atomic E-state index is 0.271. The summed E-state index contributed by atoms with van der Waals surface area (Å²) in [5.41, 5.74) is 0.272. The van der Waals surface area contributed by atoms with Gasteiger partial charge in [0.2, 0.25) is 0 Å². The van der Waals surface area contributed by atoms with Crippen LogP contribution in [-0.2, 0) is 0 Å². The van der Waals surface area contributed by atoms with Crippen LogP contribution in [-0.4, -0.2) is 10.7 Å². The van der Waals surface area contributed by atoms with Gasteiger partial charge in [0.15, 0.2) is 11.6 Å². The molecule has 92 valence electrons. The van der Waals surface area contributed by atoms with Gasteiger partial charge in [-0.05, 0) is 31.7 Å². The molecule has 2 nitrogen and oxygen atoms in total. The zero-order chi connectivity index (χ0) is 11.9. The monoisotopic (exact) mass is 236 g/mol. The van der Waals surface area contributed by atoms with Crippen LogP contribution in [0, 0.1) is 5.82 Å². The van der Waals surface area contributed by atoms with Crippen LogP contribution in [0.1, 0.15) is 50.2 Å². The molecule has 17 heavy (non-hydrogen) atoms. The maximum absolute atomic E-state index is 13.7. The molecule has 3 heteroatoms. The first-order chi connectivity index (χ1) is 8.20. The van der Waals surface area contributed by atoms with Crippen molar-refractivity contribution in [3.8, 4) is 5.75 Å². The summed E-state index contributed by atoms with van der Waals surface area (Å²) in [6, 6.07) is 4.77. The molecule has 3 rings (SSSR count).